The average molecular weight is 471 g/mol. The van der Waals surface area contributed by atoms with E-state index in [0.717, 1.165) is 16.0 Å². The van der Waals surface area contributed by atoms with E-state index >= 15 is 0 Å². The lowest BCUT2D eigenvalue weighted by atomic mass is 10.0. The van der Waals surface area contributed by atoms with E-state index in [1.165, 1.54) is 11.3 Å². The zero-order valence-corrected chi connectivity index (χ0v) is 19.7. The number of hydrogen-bond acceptors (Lipinski definition) is 4. The van der Waals surface area contributed by atoms with Gasteiger partial charge in [-0.05, 0) is 46.8 Å². The molecule has 172 valence electrons. The molecule has 2 amide bonds. The van der Waals surface area contributed by atoms with Crippen molar-refractivity contribution >= 4 is 28.8 Å². The summed E-state index contributed by atoms with van der Waals surface area (Å²) in [6.07, 6.45) is 0.207. The van der Waals surface area contributed by atoms with E-state index in [2.05, 4.69) is 5.32 Å². The van der Waals surface area contributed by atoms with Gasteiger partial charge in [-0.2, -0.15) is 0 Å². The Morgan fingerprint density at radius 3 is 2.18 bits per heavy atom. The standard InChI is InChI=1S/C28H26N2O3S/c1-33-24-16-14-23(15-17-24)30(26(31)19-25-13-8-18-34-25)27(22-11-6-3-7-12-22)28(32)29-20-21-9-4-2-5-10-21/h2-18,27H,19-20H2,1H3,(H,29,32). The lowest BCUT2D eigenvalue weighted by molar-refractivity contribution is -0.126. The molecule has 0 aliphatic heterocycles. The number of rotatable bonds is 9. The molecule has 0 spiro atoms. The fourth-order valence-corrected chi connectivity index (χ4v) is 4.46. The van der Waals surface area contributed by atoms with Crippen LogP contribution >= 0.6 is 11.3 Å². The molecule has 4 aromatic rings. The number of hydrogen-bond donors (Lipinski definition) is 1. The van der Waals surface area contributed by atoms with Gasteiger partial charge < -0.3 is 10.1 Å². The predicted octanol–water partition coefficient (Wildman–Crippen LogP) is 5.39. The second-order valence-corrected chi connectivity index (χ2v) is 8.77. The van der Waals surface area contributed by atoms with Gasteiger partial charge in [0.25, 0.3) is 0 Å². The van der Waals surface area contributed by atoms with E-state index in [4.69, 9.17) is 4.74 Å². The molecule has 0 bridgehead atoms. The van der Waals surface area contributed by atoms with Crippen LogP contribution in [0.15, 0.2) is 102 Å². The van der Waals surface area contributed by atoms with Crippen LogP contribution in [0.1, 0.15) is 22.0 Å². The van der Waals surface area contributed by atoms with Crippen LogP contribution in [-0.4, -0.2) is 18.9 Å². The van der Waals surface area contributed by atoms with Crippen molar-refractivity contribution in [1.29, 1.82) is 0 Å². The number of thiophene rings is 1. The third kappa shape index (κ3) is 5.71. The van der Waals surface area contributed by atoms with Crippen molar-refractivity contribution in [3.05, 3.63) is 118 Å². The summed E-state index contributed by atoms with van der Waals surface area (Å²) in [6, 6.07) is 29.4. The van der Waals surface area contributed by atoms with Gasteiger partial charge >= 0.3 is 0 Å². The molecule has 34 heavy (non-hydrogen) atoms. The highest BCUT2D eigenvalue weighted by atomic mass is 32.1. The summed E-state index contributed by atoms with van der Waals surface area (Å²) in [7, 11) is 1.60. The van der Waals surface area contributed by atoms with Crippen molar-refractivity contribution in [3.63, 3.8) is 0 Å². The molecule has 0 saturated carbocycles. The van der Waals surface area contributed by atoms with Crippen molar-refractivity contribution in [2.75, 3.05) is 12.0 Å². The smallest absolute Gasteiger partial charge is 0.248 e. The minimum absolute atomic E-state index is 0.156. The number of anilines is 1. The van der Waals surface area contributed by atoms with Crippen molar-refractivity contribution < 1.29 is 14.3 Å². The highest BCUT2D eigenvalue weighted by molar-refractivity contribution is 7.10. The molecule has 0 fully saturated rings. The number of benzene rings is 3. The van der Waals surface area contributed by atoms with Gasteiger partial charge in [0.15, 0.2) is 0 Å². The first kappa shape index (κ1) is 23.3. The number of methoxy groups -OCH3 is 1. The molecule has 1 aromatic heterocycles. The lowest BCUT2D eigenvalue weighted by Gasteiger charge is -2.31. The average Bonchev–Trinajstić information content (AvgIpc) is 3.40. The topological polar surface area (TPSA) is 58.6 Å². The van der Waals surface area contributed by atoms with E-state index in [1.54, 1.807) is 24.1 Å². The number of amides is 2. The number of nitrogens with one attached hydrogen (secondary N) is 1. The van der Waals surface area contributed by atoms with E-state index in [9.17, 15) is 9.59 Å². The normalized spacial score (nSPS) is 11.4. The summed E-state index contributed by atoms with van der Waals surface area (Å²) < 4.78 is 5.29. The van der Waals surface area contributed by atoms with E-state index in [-0.39, 0.29) is 18.2 Å². The highest BCUT2D eigenvalue weighted by Crippen LogP contribution is 2.30. The predicted molar refractivity (Wildman–Crippen MR) is 136 cm³/mol. The van der Waals surface area contributed by atoms with Gasteiger partial charge in [-0.3, -0.25) is 14.5 Å². The second-order valence-electron chi connectivity index (χ2n) is 7.73. The molecule has 6 heteroatoms. The first-order valence-electron chi connectivity index (χ1n) is 11.0. The Morgan fingerprint density at radius 1 is 0.882 bits per heavy atom. The third-order valence-corrected chi connectivity index (χ3v) is 6.33. The summed E-state index contributed by atoms with van der Waals surface area (Å²) in [5.74, 6) is 0.279. The van der Waals surface area contributed by atoms with Crippen LogP contribution < -0.4 is 15.0 Å². The van der Waals surface area contributed by atoms with Crippen LogP contribution in [0.2, 0.25) is 0 Å². The summed E-state index contributed by atoms with van der Waals surface area (Å²) in [5.41, 5.74) is 2.36. The van der Waals surface area contributed by atoms with Crippen molar-refractivity contribution in [2.24, 2.45) is 0 Å². The molecule has 0 radical (unpaired) electrons. The van der Waals surface area contributed by atoms with Gasteiger partial charge in [-0.25, -0.2) is 0 Å². The number of ether oxygens (including phenoxy) is 1. The zero-order valence-electron chi connectivity index (χ0n) is 18.9. The SMILES string of the molecule is COc1ccc(N(C(=O)Cc2cccs2)C(C(=O)NCc2ccccc2)c2ccccc2)cc1. The Hall–Kier alpha value is -3.90. The van der Waals surface area contributed by atoms with E-state index in [1.807, 2.05) is 90.3 Å². The van der Waals surface area contributed by atoms with Gasteiger partial charge in [-0.15, -0.1) is 11.3 Å². The minimum Gasteiger partial charge on any atom is -0.497 e. The van der Waals surface area contributed by atoms with Crippen LogP contribution in [0.5, 0.6) is 5.75 Å². The third-order valence-electron chi connectivity index (χ3n) is 5.46. The fourth-order valence-electron chi connectivity index (χ4n) is 3.76. The molecule has 4 rings (SSSR count). The molecule has 1 heterocycles. The van der Waals surface area contributed by atoms with Crippen molar-refractivity contribution in [1.82, 2.24) is 5.32 Å². The van der Waals surface area contributed by atoms with Crippen LogP contribution in [0, 0.1) is 0 Å². The number of carbonyl (C=O) groups is 2. The van der Waals surface area contributed by atoms with Gasteiger partial charge in [0.05, 0.1) is 13.5 Å². The Labute approximate surface area is 203 Å². The first-order chi connectivity index (χ1) is 16.7. The molecule has 1 atom stereocenters. The monoisotopic (exact) mass is 470 g/mol. The molecule has 3 aromatic carbocycles. The largest absolute Gasteiger partial charge is 0.497 e. The molecule has 0 saturated heterocycles. The van der Waals surface area contributed by atoms with Crippen LogP contribution in [0.4, 0.5) is 5.69 Å². The molecular weight excluding hydrogens is 444 g/mol. The van der Waals surface area contributed by atoms with E-state index in [0.29, 0.717) is 18.0 Å². The Kier molecular flexibility index (Phi) is 7.73. The molecular formula is C28H26N2O3S. The molecule has 0 aliphatic carbocycles. The van der Waals surface area contributed by atoms with Gasteiger partial charge in [0.2, 0.25) is 11.8 Å². The zero-order chi connectivity index (χ0) is 23.8. The Bertz CT molecular complexity index is 1190. The number of nitrogens with zero attached hydrogens (tertiary/aromatic N) is 1. The fraction of sp³-hybridized carbons (Fsp3) is 0.143. The minimum atomic E-state index is -0.828. The number of carbonyl (C=O) groups excluding carboxylic acids is 2. The maximum Gasteiger partial charge on any atom is 0.248 e. The Balaban J connectivity index is 1.71. The van der Waals surface area contributed by atoms with E-state index < -0.39 is 6.04 Å². The summed E-state index contributed by atoms with van der Waals surface area (Å²) in [6.45, 7) is 0.374. The summed E-state index contributed by atoms with van der Waals surface area (Å²) >= 11 is 1.53. The van der Waals surface area contributed by atoms with Gasteiger partial charge in [0, 0.05) is 17.1 Å². The second kappa shape index (κ2) is 11.3. The highest BCUT2D eigenvalue weighted by Gasteiger charge is 2.32. The lowest BCUT2D eigenvalue weighted by Crippen LogP contribution is -2.44. The van der Waals surface area contributed by atoms with Crippen molar-refractivity contribution in [2.45, 2.75) is 19.0 Å². The molecule has 1 N–H and O–H groups in total. The molecule has 5 nitrogen and oxygen atoms in total. The first-order valence-corrected chi connectivity index (χ1v) is 11.9. The van der Waals surface area contributed by atoms with Crippen LogP contribution in [0.3, 0.4) is 0 Å². The van der Waals surface area contributed by atoms with Gasteiger partial charge in [-0.1, -0.05) is 66.7 Å². The molecule has 0 aliphatic rings. The van der Waals surface area contributed by atoms with Crippen LogP contribution in [0.25, 0.3) is 0 Å². The Morgan fingerprint density at radius 2 is 1.56 bits per heavy atom. The maximum atomic E-state index is 13.7. The van der Waals surface area contributed by atoms with Gasteiger partial charge in [0.1, 0.15) is 11.8 Å². The van der Waals surface area contributed by atoms with Crippen LogP contribution in [-0.2, 0) is 22.6 Å². The van der Waals surface area contributed by atoms with Crippen molar-refractivity contribution in [3.8, 4) is 5.75 Å². The molecule has 1 unspecified atom stereocenters. The summed E-state index contributed by atoms with van der Waals surface area (Å²) in [4.78, 5) is 29.9. The maximum absolute atomic E-state index is 13.7. The quantitative estimate of drug-likeness (QED) is 0.357. The summed E-state index contributed by atoms with van der Waals surface area (Å²) in [5, 5.41) is 4.98.